The Kier molecular flexibility index (Phi) is 5.01. The van der Waals surface area contributed by atoms with Gasteiger partial charge in [0.1, 0.15) is 11.5 Å². The number of aromatic nitrogens is 1. The van der Waals surface area contributed by atoms with Crippen molar-refractivity contribution >= 4 is 31.9 Å². The molecule has 0 bridgehead atoms. The first-order valence-corrected chi connectivity index (χ1v) is 7.44. The molecule has 0 saturated carbocycles. The van der Waals surface area contributed by atoms with Gasteiger partial charge in [0.05, 0.1) is 22.2 Å². The Morgan fingerprint density at radius 1 is 1.15 bits per heavy atom. The maximum Gasteiger partial charge on any atom is 0.219 e. The van der Waals surface area contributed by atoms with E-state index in [9.17, 15) is 5.11 Å². The average Bonchev–Trinajstić information content (AvgIpc) is 2.42. The van der Waals surface area contributed by atoms with Crippen LogP contribution in [-0.2, 0) is 0 Å². The summed E-state index contributed by atoms with van der Waals surface area (Å²) in [6.07, 6.45) is 1.04. The van der Waals surface area contributed by atoms with Crippen molar-refractivity contribution in [1.29, 1.82) is 0 Å². The second-order valence-corrected chi connectivity index (χ2v) is 5.83. The molecular weight excluding hydrogens is 390 g/mol. The first-order valence-electron chi connectivity index (χ1n) is 5.86. The highest BCUT2D eigenvalue weighted by Gasteiger charge is 2.11. The number of pyridine rings is 1. The summed E-state index contributed by atoms with van der Waals surface area (Å²) < 4.78 is 12.5. The highest BCUT2D eigenvalue weighted by Crippen LogP contribution is 2.37. The summed E-state index contributed by atoms with van der Waals surface area (Å²) >= 11 is 6.83. The smallest absolute Gasteiger partial charge is 0.219 e. The van der Waals surface area contributed by atoms with Gasteiger partial charge in [0, 0.05) is 12.3 Å². The third-order valence-electron chi connectivity index (χ3n) is 2.66. The number of hydrogen-bond acceptors (Lipinski definition) is 4. The van der Waals surface area contributed by atoms with Gasteiger partial charge in [0.2, 0.25) is 5.88 Å². The van der Waals surface area contributed by atoms with Crippen molar-refractivity contribution in [1.82, 2.24) is 4.98 Å². The molecule has 1 aromatic heterocycles. The van der Waals surface area contributed by atoms with Gasteiger partial charge in [-0.05, 0) is 62.5 Å². The molecule has 0 aliphatic carbocycles. The van der Waals surface area contributed by atoms with Crippen LogP contribution < -0.4 is 9.47 Å². The fourth-order valence-electron chi connectivity index (χ4n) is 1.60. The summed E-state index contributed by atoms with van der Waals surface area (Å²) in [6, 6.07) is 7.04. The van der Waals surface area contributed by atoms with E-state index in [4.69, 9.17) is 9.47 Å². The number of methoxy groups -OCH3 is 1. The van der Waals surface area contributed by atoms with Gasteiger partial charge < -0.3 is 14.6 Å². The van der Waals surface area contributed by atoms with E-state index in [0.717, 1.165) is 14.5 Å². The third kappa shape index (κ3) is 3.50. The van der Waals surface area contributed by atoms with Gasteiger partial charge in [-0.15, -0.1) is 0 Å². The molecule has 0 fully saturated rings. The predicted molar refractivity (Wildman–Crippen MR) is 83.3 cm³/mol. The molecule has 1 aromatic carbocycles. The molecule has 1 N–H and O–H groups in total. The second kappa shape index (κ2) is 6.56. The summed E-state index contributed by atoms with van der Waals surface area (Å²) in [6.45, 7) is 1.69. The van der Waals surface area contributed by atoms with Crippen LogP contribution in [-0.4, -0.2) is 17.2 Å². The molecule has 1 heterocycles. The number of hydrogen-bond donors (Lipinski definition) is 1. The number of ether oxygens (including phenoxy) is 2. The molecule has 4 nitrogen and oxygen atoms in total. The molecule has 0 amide bonds. The number of aliphatic hydroxyl groups is 1. The van der Waals surface area contributed by atoms with E-state index in [1.165, 1.54) is 0 Å². The molecule has 0 spiro atoms. The van der Waals surface area contributed by atoms with Crippen molar-refractivity contribution in [2.45, 2.75) is 13.0 Å². The molecule has 0 aliphatic heterocycles. The van der Waals surface area contributed by atoms with Gasteiger partial charge in [0.15, 0.2) is 0 Å². The number of aliphatic hydroxyl groups excluding tert-OH is 1. The lowest BCUT2D eigenvalue weighted by Crippen LogP contribution is -1.95. The Morgan fingerprint density at radius 2 is 1.80 bits per heavy atom. The van der Waals surface area contributed by atoms with Crippen molar-refractivity contribution in [3.05, 3.63) is 45.0 Å². The average molecular weight is 403 g/mol. The first kappa shape index (κ1) is 15.3. The van der Waals surface area contributed by atoms with Crippen molar-refractivity contribution in [3.8, 4) is 17.4 Å². The van der Waals surface area contributed by atoms with Gasteiger partial charge in [-0.1, -0.05) is 0 Å². The topological polar surface area (TPSA) is 51.6 Å². The SMILES string of the molecule is COc1cc(Br)c(Oc2cc([C@@H](C)O)ccn2)cc1Br. The van der Waals surface area contributed by atoms with E-state index < -0.39 is 6.10 Å². The van der Waals surface area contributed by atoms with Crippen LogP contribution >= 0.6 is 31.9 Å². The van der Waals surface area contributed by atoms with Crippen LogP contribution in [0.5, 0.6) is 17.4 Å². The van der Waals surface area contributed by atoms with Crippen molar-refractivity contribution < 1.29 is 14.6 Å². The minimum atomic E-state index is -0.564. The Hall–Kier alpha value is -1.11. The van der Waals surface area contributed by atoms with Crippen LogP contribution in [0.25, 0.3) is 0 Å². The van der Waals surface area contributed by atoms with Gasteiger partial charge in [-0.3, -0.25) is 0 Å². The lowest BCUT2D eigenvalue weighted by Gasteiger charge is -2.11. The molecule has 2 rings (SSSR count). The molecular formula is C14H13Br2NO3. The monoisotopic (exact) mass is 401 g/mol. The van der Waals surface area contributed by atoms with E-state index >= 15 is 0 Å². The lowest BCUT2D eigenvalue weighted by atomic mass is 10.2. The van der Waals surface area contributed by atoms with Crippen molar-refractivity contribution in [2.24, 2.45) is 0 Å². The van der Waals surface area contributed by atoms with Gasteiger partial charge >= 0.3 is 0 Å². The van der Waals surface area contributed by atoms with Crippen molar-refractivity contribution in [3.63, 3.8) is 0 Å². The van der Waals surface area contributed by atoms with E-state index in [2.05, 4.69) is 36.8 Å². The second-order valence-electron chi connectivity index (χ2n) is 4.12. The maximum atomic E-state index is 9.56. The van der Waals surface area contributed by atoms with Crippen molar-refractivity contribution in [2.75, 3.05) is 7.11 Å². The van der Waals surface area contributed by atoms with E-state index in [-0.39, 0.29) is 0 Å². The van der Waals surface area contributed by atoms with E-state index in [1.54, 1.807) is 44.5 Å². The quantitative estimate of drug-likeness (QED) is 0.820. The largest absolute Gasteiger partial charge is 0.496 e. The minimum Gasteiger partial charge on any atom is -0.496 e. The summed E-state index contributed by atoms with van der Waals surface area (Å²) in [5.74, 6) is 1.73. The Balaban J connectivity index is 2.30. The summed E-state index contributed by atoms with van der Waals surface area (Å²) in [5, 5.41) is 9.56. The molecule has 20 heavy (non-hydrogen) atoms. The summed E-state index contributed by atoms with van der Waals surface area (Å²) in [7, 11) is 1.60. The normalized spacial score (nSPS) is 12.1. The van der Waals surface area contributed by atoms with Crippen LogP contribution in [0.2, 0.25) is 0 Å². The van der Waals surface area contributed by atoms with Crippen LogP contribution in [0.15, 0.2) is 39.4 Å². The zero-order chi connectivity index (χ0) is 14.7. The summed E-state index contributed by atoms with van der Waals surface area (Å²) in [5.41, 5.74) is 0.749. The van der Waals surface area contributed by atoms with Gasteiger partial charge in [0.25, 0.3) is 0 Å². The number of benzene rings is 1. The number of nitrogens with zero attached hydrogens (tertiary/aromatic N) is 1. The molecule has 6 heteroatoms. The molecule has 1 atom stereocenters. The summed E-state index contributed by atoms with van der Waals surface area (Å²) in [4.78, 5) is 4.13. The Morgan fingerprint density at radius 3 is 2.45 bits per heavy atom. The lowest BCUT2D eigenvalue weighted by molar-refractivity contribution is 0.198. The van der Waals surface area contributed by atoms with Crippen LogP contribution in [0.1, 0.15) is 18.6 Å². The number of rotatable bonds is 4. The zero-order valence-corrected chi connectivity index (χ0v) is 14.1. The molecule has 0 radical (unpaired) electrons. The van der Waals surface area contributed by atoms with Crippen LogP contribution in [0.4, 0.5) is 0 Å². The number of halogens is 2. The van der Waals surface area contributed by atoms with E-state index in [1.807, 2.05) is 0 Å². The van der Waals surface area contributed by atoms with Crippen LogP contribution in [0, 0.1) is 0 Å². The minimum absolute atomic E-state index is 0.418. The van der Waals surface area contributed by atoms with Gasteiger partial charge in [-0.25, -0.2) is 4.98 Å². The highest BCUT2D eigenvalue weighted by atomic mass is 79.9. The highest BCUT2D eigenvalue weighted by molar-refractivity contribution is 9.11. The fourth-order valence-corrected chi connectivity index (χ4v) is 2.49. The molecule has 0 unspecified atom stereocenters. The molecule has 106 valence electrons. The first-order chi connectivity index (χ1) is 9.51. The Bertz CT molecular complexity index is 617. The van der Waals surface area contributed by atoms with Crippen LogP contribution in [0.3, 0.4) is 0 Å². The molecule has 0 aliphatic rings. The molecule has 0 saturated heterocycles. The standard InChI is InChI=1S/C14H13Br2NO3/c1-8(18)9-3-4-17-14(5-9)20-13-7-10(15)12(19-2)6-11(13)16/h3-8,18H,1-2H3/t8-/m1/s1. The zero-order valence-electron chi connectivity index (χ0n) is 10.9. The van der Waals surface area contributed by atoms with E-state index in [0.29, 0.717) is 17.4 Å². The fraction of sp³-hybridized carbons (Fsp3) is 0.214. The third-order valence-corrected chi connectivity index (χ3v) is 3.90. The predicted octanol–water partition coefficient (Wildman–Crippen LogP) is 4.46. The van der Waals surface area contributed by atoms with Gasteiger partial charge in [-0.2, -0.15) is 0 Å². The Labute approximate surface area is 134 Å². The maximum absolute atomic E-state index is 9.56. The molecule has 2 aromatic rings.